The van der Waals surface area contributed by atoms with Gasteiger partial charge < -0.3 is 14.6 Å². The predicted molar refractivity (Wildman–Crippen MR) is 66.0 cm³/mol. The Morgan fingerprint density at radius 1 is 1.41 bits per heavy atom. The Kier molecular flexibility index (Phi) is 3.16. The minimum absolute atomic E-state index is 0.614. The second-order valence-corrected chi connectivity index (χ2v) is 5.47. The van der Waals surface area contributed by atoms with Crippen molar-refractivity contribution < 1.29 is 4.42 Å². The van der Waals surface area contributed by atoms with E-state index in [1.807, 2.05) is 6.26 Å². The second-order valence-electron chi connectivity index (χ2n) is 5.47. The molecule has 0 unspecified atom stereocenters. The Labute approximate surface area is 102 Å². The highest BCUT2D eigenvalue weighted by molar-refractivity contribution is 5.06. The molecule has 0 spiro atoms. The van der Waals surface area contributed by atoms with E-state index in [4.69, 9.17) is 4.42 Å². The van der Waals surface area contributed by atoms with Gasteiger partial charge in [-0.05, 0) is 52.0 Å². The van der Waals surface area contributed by atoms with Crippen LogP contribution in [-0.4, -0.2) is 43.1 Å². The van der Waals surface area contributed by atoms with Crippen molar-refractivity contribution >= 4 is 0 Å². The van der Waals surface area contributed by atoms with Gasteiger partial charge >= 0.3 is 0 Å². The molecule has 0 aromatic carbocycles. The minimum atomic E-state index is 0.614. The number of piperidine rings is 1. The van der Waals surface area contributed by atoms with Crippen LogP contribution in [0.15, 0.2) is 10.7 Å². The first-order chi connectivity index (χ1) is 8.31. The SMILES string of the molecule is CN1CCC(c2coc(CC3CNC3)n2)CC1. The highest BCUT2D eigenvalue weighted by Gasteiger charge is 2.23. The van der Waals surface area contributed by atoms with Crippen LogP contribution in [0.5, 0.6) is 0 Å². The third kappa shape index (κ3) is 2.53. The fourth-order valence-corrected chi connectivity index (χ4v) is 2.65. The lowest BCUT2D eigenvalue weighted by atomic mass is 9.94. The fraction of sp³-hybridized carbons (Fsp3) is 0.769. The van der Waals surface area contributed by atoms with Crippen LogP contribution in [0.2, 0.25) is 0 Å². The first-order valence-corrected chi connectivity index (χ1v) is 6.65. The van der Waals surface area contributed by atoms with Crippen molar-refractivity contribution in [2.45, 2.75) is 25.2 Å². The number of nitrogens with zero attached hydrogens (tertiary/aromatic N) is 2. The molecule has 94 valence electrons. The van der Waals surface area contributed by atoms with Gasteiger partial charge in [0.25, 0.3) is 0 Å². The van der Waals surface area contributed by atoms with E-state index < -0.39 is 0 Å². The van der Waals surface area contributed by atoms with Gasteiger partial charge in [-0.15, -0.1) is 0 Å². The number of hydrogen-bond acceptors (Lipinski definition) is 4. The van der Waals surface area contributed by atoms with E-state index in [9.17, 15) is 0 Å². The molecule has 3 heterocycles. The Morgan fingerprint density at radius 2 is 2.18 bits per heavy atom. The smallest absolute Gasteiger partial charge is 0.194 e. The van der Waals surface area contributed by atoms with Gasteiger partial charge in [0.1, 0.15) is 6.26 Å². The van der Waals surface area contributed by atoms with Crippen LogP contribution in [0.25, 0.3) is 0 Å². The third-order valence-corrected chi connectivity index (χ3v) is 4.04. The van der Waals surface area contributed by atoms with Gasteiger partial charge in [0, 0.05) is 12.3 Å². The summed E-state index contributed by atoms with van der Waals surface area (Å²) in [6, 6.07) is 0. The molecule has 0 radical (unpaired) electrons. The number of aromatic nitrogens is 1. The van der Waals surface area contributed by atoms with E-state index in [0.717, 1.165) is 31.3 Å². The van der Waals surface area contributed by atoms with Gasteiger partial charge in [0.05, 0.1) is 5.69 Å². The highest BCUT2D eigenvalue weighted by Crippen LogP contribution is 2.27. The van der Waals surface area contributed by atoms with Gasteiger partial charge in [0.2, 0.25) is 0 Å². The number of rotatable bonds is 3. The summed E-state index contributed by atoms with van der Waals surface area (Å²) >= 11 is 0. The lowest BCUT2D eigenvalue weighted by Crippen LogP contribution is -2.43. The molecule has 1 N–H and O–H groups in total. The van der Waals surface area contributed by atoms with Crippen molar-refractivity contribution in [1.82, 2.24) is 15.2 Å². The molecule has 2 aliphatic heterocycles. The molecule has 2 aliphatic rings. The Bertz CT molecular complexity index is 364. The van der Waals surface area contributed by atoms with E-state index >= 15 is 0 Å². The summed E-state index contributed by atoms with van der Waals surface area (Å²) in [5, 5.41) is 3.28. The first-order valence-electron chi connectivity index (χ1n) is 6.65. The molecular weight excluding hydrogens is 214 g/mol. The number of oxazole rings is 1. The van der Waals surface area contributed by atoms with Crippen LogP contribution in [0.1, 0.15) is 30.3 Å². The van der Waals surface area contributed by atoms with E-state index in [1.54, 1.807) is 0 Å². The average molecular weight is 235 g/mol. The summed E-state index contributed by atoms with van der Waals surface area (Å²) in [6.07, 6.45) is 5.32. The molecule has 0 aliphatic carbocycles. The molecule has 0 atom stereocenters. The minimum Gasteiger partial charge on any atom is -0.449 e. The van der Waals surface area contributed by atoms with Crippen LogP contribution < -0.4 is 5.32 Å². The molecule has 3 rings (SSSR count). The summed E-state index contributed by atoms with van der Waals surface area (Å²) in [7, 11) is 2.19. The van der Waals surface area contributed by atoms with E-state index in [2.05, 4.69) is 22.2 Å². The van der Waals surface area contributed by atoms with Gasteiger partial charge in [-0.3, -0.25) is 0 Å². The highest BCUT2D eigenvalue weighted by atomic mass is 16.3. The predicted octanol–water partition coefficient (Wildman–Crippen LogP) is 1.25. The maximum atomic E-state index is 5.60. The van der Waals surface area contributed by atoms with Crippen molar-refractivity contribution in [3.05, 3.63) is 17.8 Å². The zero-order valence-corrected chi connectivity index (χ0v) is 10.5. The fourth-order valence-electron chi connectivity index (χ4n) is 2.65. The second kappa shape index (κ2) is 4.78. The molecule has 1 aromatic rings. The van der Waals surface area contributed by atoms with Crippen LogP contribution in [0.4, 0.5) is 0 Å². The third-order valence-electron chi connectivity index (χ3n) is 4.04. The molecule has 2 fully saturated rings. The quantitative estimate of drug-likeness (QED) is 0.856. The van der Waals surface area contributed by atoms with Gasteiger partial charge in [-0.1, -0.05) is 0 Å². The van der Waals surface area contributed by atoms with E-state index in [0.29, 0.717) is 5.92 Å². The zero-order chi connectivity index (χ0) is 11.7. The normalized spacial score (nSPS) is 23.8. The largest absolute Gasteiger partial charge is 0.449 e. The van der Waals surface area contributed by atoms with Gasteiger partial charge in [-0.25, -0.2) is 4.98 Å². The van der Waals surface area contributed by atoms with Gasteiger partial charge in [-0.2, -0.15) is 0 Å². The van der Waals surface area contributed by atoms with Crippen LogP contribution >= 0.6 is 0 Å². The molecule has 4 heteroatoms. The molecule has 0 amide bonds. The molecular formula is C13H21N3O. The van der Waals surface area contributed by atoms with Crippen molar-refractivity contribution in [1.29, 1.82) is 0 Å². The van der Waals surface area contributed by atoms with Crippen molar-refractivity contribution in [3.63, 3.8) is 0 Å². The van der Waals surface area contributed by atoms with E-state index in [1.165, 1.54) is 31.6 Å². The molecule has 1 aromatic heterocycles. The Morgan fingerprint density at radius 3 is 2.82 bits per heavy atom. The Balaban J connectivity index is 1.59. The lowest BCUT2D eigenvalue weighted by molar-refractivity contribution is 0.253. The summed E-state index contributed by atoms with van der Waals surface area (Å²) in [5.74, 6) is 2.28. The summed E-state index contributed by atoms with van der Waals surface area (Å²) in [4.78, 5) is 7.05. The lowest BCUT2D eigenvalue weighted by Gasteiger charge is -2.27. The molecule has 0 saturated carbocycles. The number of hydrogen-bond donors (Lipinski definition) is 1. The van der Waals surface area contributed by atoms with Crippen molar-refractivity contribution in [2.75, 3.05) is 33.2 Å². The number of likely N-dealkylation sites (tertiary alicyclic amines) is 1. The van der Waals surface area contributed by atoms with E-state index in [-0.39, 0.29) is 0 Å². The van der Waals surface area contributed by atoms with Crippen LogP contribution in [-0.2, 0) is 6.42 Å². The van der Waals surface area contributed by atoms with Crippen molar-refractivity contribution in [2.24, 2.45) is 5.92 Å². The monoisotopic (exact) mass is 235 g/mol. The average Bonchev–Trinajstić information content (AvgIpc) is 2.73. The van der Waals surface area contributed by atoms with Crippen LogP contribution in [0, 0.1) is 5.92 Å². The summed E-state index contributed by atoms with van der Waals surface area (Å²) in [6.45, 7) is 4.59. The molecule has 0 bridgehead atoms. The summed E-state index contributed by atoms with van der Waals surface area (Å²) < 4.78 is 5.60. The summed E-state index contributed by atoms with van der Waals surface area (Å²) in [5.41, 5.74) is 1.18. The molecule has 17 heavy (non-hydrogen) atoms. The Hall–Kier alpha value is -0.870. The maximum Gasteiger partial charge on any atom is 0.194 e. The standard InChI is InChI=1S/C13H21N3O/c1-16-4-2-11(3-5-16)12-9-17-13(15-12)6-10-7-14-8-10/h9-11,14H,2-8H2,1H3. The molecule has 2 saturated heterocycles. The van der Waals surface area contributed by atoms with Gasteiger partial charge in [0.15, 0.2) is 5.89 Å². The first kappa shape index (κ1) is 11.2. The van der Waals surface area contributed by atoms with Crippen molar-refractivity contribution in [3.8, 4) is 0 Å². The topological polar surface area (TPSA) is 41.3 Å². The van der Waals surface area contributed by atoms with Crippen LogP contribution in [0.3, 0.4) is 0 Å². The maximum absolute atomic E-state index is 5.60. The molecule has 4 nitrogen and oxygen atoms in total. The number of nitrogens with one attached hydrogen (secondary N) is 1. The zero-order valence-electron chi connectivity index (χ0n) is 10.5.